The Labute approximate surface area is 65.2 Å². The molecule has 1 amide bonds. The molecule has 0 aromatic carbocycles. The lowest BCUT2D eigenvalue weighted by atomic mass is 10.1. The molecule has 0 radical (unpaired) electrons. The number of hydrogen-bond acceptors (Lipinski definition) is 3. The highest BCUT2D eigenvalue weighted by Crippen LogP contribution is 2.05. The van der Waals surface area contributed by atoms with Gasteiger partial charge in [0.2, 0.25) is 0 Å². The van der Waals surface area contributed by atoms with E-state index in [4.69, 9.17) is 0 Å². The third kappa shape index (κ3) is 1.88. The maximum atomic E-state index is 10.8. The molecule has 0 bridgehead atoms. The zero-order valence-electron chi connectivity index (χ0n) is 6.26. The standard InChI is InChI=1S/C6H12N2OS/c1-8-3-5(4-8)7-6(9)10-2/h5H,3-4H2,1-2H3,(H,7,9). The fraction of sp³-hybridized carbons (Fsp3) is 0.833. The lowest BCUT2D eigenvalue weighted by Gasteiger charge is -2.36. The van der Waals surface area contributed by atoms with Crippen LogP contribution in [-0.2, 0) is 0 Å². The molecule has 3 nitrogen and oxygen atoms in total. The van der Waals surface area contributed by atoms with E-state index in [1.807, 2.05) is 7.05 Å². The van der Waals surface area contributed by atoms with Gasteiger partial charge in [-0.2, -0.15) is 0 Å². The molecule has 1 N–H and O–H groups in total. The summed E-state index contributed by atoms with van der Waals surface area (Å²) >= 11 is 1.24. The van der Waals surface area contributed by atoms with Crippen molar-refractivity contribution in [2.45, 2.75) is 6.04 Å². The van der Waals surface area contributed by atoms with Crippen molar-refractivity contribution < 1.29 is 4.79 Å². The van der Waals surface area contributed by atoms with Gasteiger partial charge < -0.3 is 10.2 Å². The Morgan fingerprint density at radius 3 is 2.70 bits per heavy atom. The number of carbonyl (C=O) groups excluding carboxylic acids is 1. The summed E-state index contributed by atoms with van der Waals surface area (Å²) in [4.78, 5) is 12.9. The van der Waals surface area contributed by atoms with E-state index in [9.17, 15) is 4.79 Å². The molecule has 0 spiro atoms. The van der Waals surface area contributed by atoms with E-state index in [-0.39, 0.29) is 5.24 Å². The maximum absolute atomic E-state index is 10.8. The number of nitrogens with one attached hydrogen (secondary N) is 1. The van der Waals surface area contributed by atoms with Gasteiger partial charge in [-0.1, -0.05) is 11.8 Å². The summed E-state index contributed by atoms with van der Waals surface area (Å²) < 4.78 is 0. The first kappa shape index (κ1) is 7.88. The van der Waals surface area contributed by atoms with Crippen molar-refractivity contribution in [1.82, 2.24) is 10.2 Å². The highest BCUT2D eigenvalue weighted by atomic mass is 32.2. The van der Waals surface area contributed by atoms with Crippen molar-refractivity contribution in [3.63, 3.8) is 0 Å². The van der Waals surface area contributed by atoms with Gasteiger partial charge in [-0.25, -0.2) is 0 Å². The molecule has 0 aliphatic carbocycles. The van der Waals surface area contributed by atoms with E-state index < -0.39 is 0 Å². The van der Waals surface area contributed by atoms with Gasteiger partial charge in [0, 0.05) is 13.1 Å². The molecule has 1 saturated heterocycles. The van der Waals surface area contributed by atoms with Gasteiger partial charge in [-0.15, -0.1) is 0 Å². The van der Waals surface area contributed by atoms with Crippen LogP contribution < -0.4 is 5.32 Å². The minimum Gasteiger partial charge on any atom is -0.342 e. The van der Waals surface area contributed by atoms with Crippen molar-refractivity contribution in [3.05, 3.63) is 0 Å². The third-order valence-electron chi connectivity index (χ3n) is 1.57. The minimum atomic E-state index is 0.0816. The fourth-order valence-electron chi connectivity index (χ4n) is 1.02. The zero-order valence-corrected chi connectivity index (χ0v) is 7.07. The van der Waals surface area contributed by atoms with Crippen LogP contribution in [0.5, 0.6) is 0 Å². The number of nitrogens with zero attached hydrogens (tertiary/aromatic N) is 1. The molecular formula is C6H12N2OS. The van der Waals surface area contributed by atoms with Crippen LogP contribution in [0.25, 0.3) is 0 Å². The van der Waals surface area contributed by atoms with Gasteiger partial charge in [-0.05, 0) is 13.3 Å². The highest BCUT2D eigenvalue weighted by Gasteiger charge is 2.23. The van der Waals surface area contributed by atoms with E-state index in [2.05, 4.69) is 10.2 Å². The van der Waals surface area contributed by atoms with Crippen LogP contribution in [0.15, 0.2) is 0 Å². The Kier molecular flexibility index (Phi) is 2.56. The molecule has 1 fully saturated rings. The minimum absolute atomic E-state index is 0.0816. The molecule has 58 valence electrons. The van der Waals surface area contributed by atoms with Crippen molar-refractivity contribution in [3.8, 4) is 0 Å². The molecule has 0 aromatic rings. The monoisotopic (exact) mass is 160 g/mol. The topological polar surface area (TPSA) is 32.3 Å². The Morgan fingerprint density at radius 1 is 1.70 bits per heavy atom. The van der Waals surface area contributed by atoms with Crippen molar-refractivity contribution >= 4 is 17.0 Å². The van der Waals surface area contributed by atoms with Gasteiger partial charge in [0.05, 0.1) is 6.04 Å². The molecular weight excluding hydrogens is 148 g/mol. The lowest BCUT2D eigenvalue weighted by Crippen LogP contribution is -2.56. The van der Waals surface area contributed by atoms with Crippen LogP contribution in [-0.4, -0.2) is 42.6 Å². The van der Waals surface area contributed by atoms with Crippen LogP contribution in [0.3, 0.4) is 0 Å². The molecule has 1 rings (SSSR count). The summed E-state index contributed by atoms with van der Waals surface area (Å²) in [6, 6.07) is 0.393. The summed E-state index contributed by atoms with van der Waals surface area (Å²) in [6.07, 6.45) is 1.79. The van der Waals surface area contributed by atoms with Gasteiger partial charge in [0.15, 0.2) is 0 Å². The number of rotatable bonds is 1. The Morgan fingerprint density at radius 2 is 2.30 bits per heavy atom. The van der Waals surface area contributed by atoms with Crippen LogP contribution in [0.1, 0.15) is 0 Å². The number of thioether (sulfide) groups is 1. The summed E-state index contributed by atoms with van der Waals surface area (Å²) in [5, 5.41) is 2.96. The van der Waals surface area contributed by atoms with E-state index in [1.165, 1.54) is 11.8 Å². The zero-order chi connectivity index (χ0) is 7.56. The molecule has 10 heavy (non-hydrogen) atoms. The SMILES string of the molecule is CSC(=O)NC1CN(C)C1. The molecule has 0 unspecified atom stereocenters. The molecule has 0 aromatic heterocycles. The molecule has 4 heteroatoms. The van der Waals surface area contributed by atoms with Crippen molar-refractivity contribution in [2.75, 3.05) is 26.4 Å². The second-order valence-corrected chi connectivity index (χ2v) is 3.33. The van der Waals surface area contributed by atoms with Crippen LogP contribution in [0.2, 0.25) is 0 Å². The van der Waals surface area contributed by atoms with Crippen LogP contribution in [0.4, 0.5) is 4.79 Å². The Bertz CT molecular complexity index is 134. The van der Waals surface area contributed by atoms with E-state index >= 15 is 0 Å². The Hall–Kier alpha value is -0.220. The largest absolute Gasteiger partial charge is 0.342 e. The highest BCUT2D eigenvalue weighted by molar-refractivity contribution is 8.12. The van der Waals surface area contributed by atoms with Crippen LogP contribution >= 0.6 is 11.8 Å². The average molecular weight is 160 g/mol. The summed E-state index contributed by atoms with van der Waals surface area (Å²) in [5.74, 6) is 0. The van der Waals surface area contributed by atoms with Gasteiger partial charge in [0.1, 0.15) is 0 Å². The van der Waals surface area contributed by atoms with E-state index in [0.717, 1.165) is 13.1 Å². The quantitative estimate of drug-likeness (QED) is 0.601. The first-order chi connectivity index (χ1) is 4.72. The molecule has 0 atom stereocenters. The number of likely N-dealkylation sites (N-methyl/N-ethyl adjacent to an activating group) is 1. The predicted molar refractivity (Wildman–Crippen MR) is 43.3 cm³/mol. The van der Waals surface area contributed by atoms with E-state index in [0.29, 0.717) is 6.04 Å². The average Bonchev–Trinajstić information content (AvgIpc) is 1.84. The molecule has 1 aliphatic heterocycles. The Balaban J connectivity index is 2.10. The van der Waals surface area contributed by atoms with Gasteiger partial charge in [-0.3, -0.25) is 4.79 Å². The number of hydrogen-bond donors (Lipinski definition) is 1. The summed E-state index contributed by atoms with van der Waals surface area (Å²) in [6.45, 7) is 1.98. The summed E-state index contributed by atoms with van der Waals surface area (Å²) in [7, 11) is 2.04. The molecule has 1 aliphatic rings. The first-order valence-electron chi connectivity index (χ1n) is 3.25. The van der Waals surface area contributed by atoms with Gasteiger partial charge in [0.25, 0.3) is 5.24 Å². The lowest BCUT2D eigenvalue weighted by molar-refractivity contribution is 0.168. The number of carbonyl (C=O) groups is 1. The smallest absolute Gasteiger partial charge is 0.279 e. The van der Waals surface area contributed by atoms with Crippen molar-refractivity contribution in [1.29, 1.82) is 0 Å². The molecule has 1 heterocycles. The number of likely N-dealkylation sites (tertiary alicyclic amines) is 1. The second kappa shape index (κ2) is 3.25. The number of amides is 1. The summed E-state index contributed by atoms with van der Waals surface area (Å²) in [5.41, 5.74) is 0. The van der Waals surface area contributed by atoms with E-state index in [1.54, 1.807) is 6.26 Å². The molecule has 0 saturated carbocycles. The normalized spacial score (nSPS) is 20.2. The maximum Gasteiger partial charge on any atom is 0.279 e. The van der Waals surface area contributed by atoms with Gasteiger partial charge >= 0.3 is 0 Å². The first-order valence-corrected chi connectivity index (χ1v) is 4.48. The second-order valence-electron chi connectivity index (χ2n) is 2.55. The van der Waals surface area contributed by atoms with Crippen LogP contribution in [0, 0.1) is 0 Å². The predicted octanol–water partition coefficient (Wildman–Crippen LogP) is 0.373. The van der Waals surface area contributed by atoms with Crippen molar-refractivity contribution in [2.24, 2.45) is 0 Å². The fourth-order valence-corrected chi connectivity index (χ4v) is 1.30. The third-order valence-corrected chi connectivity index (χ3v) is 2.06.